The lowest BCUT2D eigenvalue weighted by molar-refractivity contribution is 0.0302. The van der Waals surface area contributed by atoms with Gasteiger partial charge in [0.25, 0.3) is 0 Å². The molecule has 1 atom stereocenters. The summed E-state index contributed by atoms with van der Waals surface area (Å²) in [6.45, 7) is 0. The van der Waals surface area contributed by atoms with Crippen LogP contribution in [0.4, 0.5) is 0 Å². The Kier molecular flexibility index (Phi) is 5.59. The monoisotopic (exact) mass is 311 g/mol. The average molecular weight is 311 g/mol. The van der Waals surface area contributed by atoms with E-state index < -0.39 is 12.1 Å². The number of nitriles is 1. The molecule has 2 aromatic rings. The molecule has 5 heteroatoms. The molecule has 0 aliphatic carbocycles. The number of hydrogen-bond donors (Lipinski definition) is 0. The van der Waals surface area contributed by atoms with E-state index in [4.69, 9.17) is 19.5 Å². The molecule has 5 nitrogen and oxygen atoms in total. The number of benzene rings is 2. The molecule has 0 aliphatic rings. The van der Waals surface area contributed by atoms with Gasteiger partial charge in [-0.15, -0.1) is 0 Å². The van der Waals surface area contributed by atoms with Gasteiger partial charge in [0.2, 0.25) is 0 Å². The minimum atomic E-state index is -0.689. The summed E-state index contributed by atoms with van der Waals surface area (Å²) in [5.41, 5.74) is 1.06. The van der Waals surface area contributed by atoms with Crippen LogP contribution in [0, 0.1) is 11.3 Å². The van der Waals surface area contributed by atoms with Gasteiger partial charge in [-0.3, -0.25) is 0 Å². The summed E-state index contributed by atoms with van der Waals surface area (Å²) in [4.78, 5) is 12.3. The summed E-state index contributed by atoms with van der Waals surface area (Å²) >= 11 is 0. The lowest BCUT2D eigenvalue weighted by atomic mass is 10.1. The van der Waals surface area contributed by atoms with Gasteiger partial charge in [0.05, 0.1) is 32.3 Å². The van der Waals surface area contributed by atoms with Crippen molar-refractivity contribution in [2.45, 2.75) is 12.5 Å². The molecule has 118 valence electrons. The largest absolute Gasteiger partial charge is 0.497 e. The highest BCUT2D eigenvalue weighted by atomic mass is 16.5. The van der Waals surface area contributed by atoms with E-state index in [1.807, 2.05) is 18.2 Å². The Bertz CT molecular complexity index is 704. The zero-order chi connectivity index (χ0) is 16.7. The van der Waals surface area contributed by atoms with Crippen LogP contribution in [0.25, 0.3) is 0 Å². The fourth-order valence-electron chi connectivity index (χ4n) is 2.15. The molecule has 0 saturated carbocycles. The Labute approximate surface area is 135 Å². The number of ether oxygens (including phenoxy) is 3. The fourth-order valence-corrected chi connectivity index (χ4v) is 2.15. The molecule has 0 N–H and O–H groups in total. The topological polar surface area (TPSA) is 68.5 Å². The first-order chi connectivity index (χ1) is 11.2. The highest BCUT2D eigenvalue weighted by Crippen LogP contribution is 2.30. The van der Waals surface area contributed by atoms with E-state index in [-0.39, 0.29) is 6.42 Å². The van der Waals surface area contributed by atoms with Crippen molar-refractivity contribution in [2.75, 3.05) is 14.2 Å². The Hall–Kier alpha value is -3.00. The molecule has 0 aliphatic heterocycles. The van der Waals surface area contributed by atoms with Gasteiger partial charge in [-0.25, -0.2) is 4.79 Å². The first kappa shape index (κ1) is 16.4. The maximum atomic E-state index is 12.3. The van der Waals surface area contributed by atoms with E-state index in [1.165, 1.54) is 7.11 Å². The lowest BCUT2D eigenvalue weighted by Crippen LogP contribution is -2.12. The van der Waals surface area contributed by atoms with Gasteiger partial charge in [-0.2, -0.15) is 5.26 Å². The van der Waals surface area contributed by atoms with E-state index in [0.29, 0.717) is 22.6 Å². The minimum absolute atomic E-state index is 0.0439. The van der Waals surface area contributed by atoms with E-state index in [9.17, 15) is 4.79 Å². The Morgan fingerprint density at radius 3 is 2.39 bits per heavy atom. The molecule has 0 spiro atoms. The molecular weight excluding hydrogens is 294 g/mol. The van der Waals surface area contributed by atoms with Crippen molar-refractivity contribution in [3.8, 4) is 17.6 Å². The standard InChI is InChI=1S/C18H17NO4/c1-21-14-9-7-13(8-10-14)18(20)23-17(11-12-19)15-5-3-4-6-16(15)22-2/h3-10,17H,11H2,1-2H3. The number of nitrogens with zero attached hydrogens (tertiary/aromatic N) is 1. The zero-order valence-electron chi connectivity index (χ0n) is 13.0. The number of carbonyl (C=O) groups excluding carboxylic acids is 1. The molecule has 0 amide bonds. The summed E-state index contributed by atoms with van der Waals surface area (Å²) in [7, 11) is 3.09. The predicted octanol–water partition coefficient (Wildman–Crippen LogP) is 3.52. The van der Waals surface area contributed by atoms with Crippen molar-refractivity contribution in [2.24, 2.45) is 0 Å². The molecule has 0 bridgehead atoms. The first-order valence-electron chi connectivity index (χ1n) is 7.04. The number of esters is 1. The third-order valence-corrected chi connectivity index (χ3v) is 3.34. The number of carbonyl (C=O) groups is 1. The number of hydrogen-bond acceptors (Lipinski definition) is 5. The van der Waals surface area contributed by atoms with Crippen molar-refractivity contribution < 1.29 is 19.0 Å². The Morgan fingerprint density at radius 1 is 1.09 bits per heavy atom. The molecule has 0 radical (unpaired) electrons. The Balaban J connectivity index is 2.21. The summed E-state index contributed by atoms with van der Waals surface area (Å²) in [6, 6.07) is 15.8. The van der Waals surface area contributed by atoms with E-state index >= 15 is 0 Å². The summed E-state index contributed by atoms with van der Waals surface area (Å²) < 4.78 is 15.8. The summed E-state index contributed by atoms with van der Waals surface area (Å²) in [5, 5.41) is 9.01. The van der Waals surface area contributed by atoms with Crippen LogP contribution in [0.1, 0.15) is 28.4 Å². The lowest BCUT2D eigenvalue weighted by Gasteiger charge is -2.18. The minimum Gasteiger partial charge on any atom is -0.497 e. The first-order valence-corrected chi connectivity index (χ1v) is 7.04. The molecule has 0 aromatic heterocycles. The third kappa shape index (κ3) is 4.01. The van der Waals surface area contributed by atoms with Crippen LogP contribution >= 0.6 is 0 Å². The molecule has 0 fully saturated rings. The van der Waals surface area contributed by atoms with Gasteiger partial charge in [0.1, 0.15) is 17.6 Å². The van der Waals surface area contributed by atoms with Crippen LogP contribution in [0.3, 0.4) is 0 Å². The van der Waals surface area contributed by atoms with Gasteiger partial charge in [0.15, 0.2) is 0 Å². The molecule has 1 unspecified atom stereocenters. The fraction of sp³-hybridized carbons (Fsp3) is 0.222. The predicted molar refractivity (Wildman–Crippen MR) is 84.4 cm³/mol. The van der Waals surface area contributed by atoms with Crippen LogP contribution in [0.5, 0.6) is 11.5 Å². The van der Waals surface area contributed by atoms with Gasteiger partial charge >= 0.3 is 5.97 Å². The van der Waals surface area contributed by atoms with Crippen LogP contribution < -0.4 is 9.47 Å². The molecule has 0 heterocycles. The molecule has 0 saturated heterocycles. The number of para-hydroxylation sites is 1. The summed E-state index contributed by atoms with van der Waals surface area (Å²) in [6.07, 6.45) is -0.645. The van der Waals surface area contributed by atoms with Crippen molar-refractivity contribution in [1.82, 2.24) is 0 Å². The number of rotatable bonds is 6. The maximum absolute atomic E-state index is 12.3. The second-order valence-electron chi connectivity index (χ2n) is 4.73. The van der Waals surface area contributed by atoms with Crippen molar-refractivity contribution in [3.63, 3.8) is 0 Å². The van der Waals surface area contributed by atoms with Crippen molar-refractivity contribution >= 4 is 5.97 Å². The van der Waals surface area contributed by atoms with Crippen LogP contribution in [0.15, 0.2) is 48.5 Å². The van der Waals surface area contributed by atoms with Crippen LogP contribution in [-0.2, 0) is 4.74 Å². The van der Waals surface area contributed by atoms with Gasteiger partial charge in [-0.05, 0) is 30.3 Å². The highest BCUT2D eigenvalue weighted by Gasteiger charge is 2.21. The second-order valence-corrected chi connectivity index (χ2v) is 4.73. The third-order valence-electron chi connectivity index (χ3n) is 3.34. The van der Waals surface area contributed by atoms with Crippen molar-refractivity contribution in [3.05, 3.63) is 59.7 Å². The van der Waals surface area contributed by atoms with E-state index in [0.717, 1.165) is 0 Å². The number of methoxy groups -OCH3 is 2. The molecule has 2 rings (SSSR count). The highest BCUT2D eigenvalue weighted by molar-refractivity contribution is 5.89. The normalized spacial score (nSPS) is 11.2. The Morgan fingerprint density at radius 2 is 1.78 bits per heavy atom. The average Bonchev–Trinajstić information content (AvgIpc) is 2.61. The second kappa shape index (κ2) is 7.85. The quantitative estimate of drug-likeness (QED) is 0.764. The maximum Gasteiger partial charge on any atom is 0.338 e. The van der Waals surface area contributed by atoms with Gasteiger partial charge in [0, 0.05) is 5.56 Å². The molecule has 2 aromatic carbocycles. The van der Waals surface area contributed by atoms with Crippen LogP contribution in [0.2, 0.25) is 0 Å². The van der Waals surface area contributed by atoms with E-state index in [2.05, 4.69) is 0 Å². The molecular formula is C18H17NO4. The van der Waals surface area contributed by atoms with E-state index in [1.54, 1.807) is 43.5 Å². The SMILES string of the molecule is COc1ccc(C(=O)OC(CC#N)c2ccccc2OC)cc1. The molecule has 23 heavy (non-hydrogen) atoms. The summed E-state index contributed by atoms with van der Waals surface area (Å²) in [5.74, 6) is 0.731. The van der Waals surface area contributed by atoms with Gasteiger partial charge < -0.3 is 14.2 Å². The van der Waals surface area contributed by atoms with Crippen LogP contribution in [-0.4, -0.2) is 20.2 Å². The van der Waals surface area contributed by atoms with Crippen molar-refractivity contribution in [1.29, 1.82) is 5.26 Å². The zero-order valence-corrected chi connectivity index (χ0v) is 13.0. The van der Waals surface area contributed by atoms with Gasteiger partial charge in [-0.1, -0.05) is 18.2 Å². The smallest absolute Gasteiger partial charge is 0.338 e.